The fourth-order valence-corrected chi connectivity index (χ4v) is 3.74. The smallest absolute Gasteiger partial charge is 0.0248 e. The maximum atomic E-state index is 6.44. The van der Waals surface area contributed by atoms with Gasteiger partial charge in [-0.1, -0.05) is 32.6 Å². The van der Waals surface area contributed by atoms with E-state index in [4.69, 9.17) is 5.73 Å². The van der Waals surface area contributed by atoms with Crippen molar-refractivity contribution < 1.29 is 0 Å². The molecule has 2 aliphatic rings. The third kappa shape index (κ3) is 3.46. The summed E-state index contributed by atoms with van der Waals surface area (Å²) >= 11 is 0. The van der Waals surface area contributed by atoms with Crippen molar-refractivity contribution in [3.63, 3.8) is 0 Å². The predicted octanol–water partition coefficient (Wildman–Crippen LogP) is 2.06. The van der Waals surface area contributed by atoms with Crippen LogP contribution in [0.5, 0.6) is 0 Å². The van der Waals surface area contributed by atoms with Gasteiger partial charge in [0, 0.05) is 37.8 Å². The molecule has 0 bridgehead atoms. The lowest BCUT2D eigenvalue weighted by atomic mass is 9.91. The number of nitrogens with two attached hydrogens (primary N) is 1. The second-order valence-electron chi connectivity index (χ2n) is 6.20. The van der Waals surface area contributed by atoms with Crippen LogP contribution in [0.3, 0.4) is 0 Å². The summed E-state index contributed by atoms with van der Waals surface area (Å²) in [6.07, 6.45) is 8.06. The molecule has 1 heterocycles. The number of nitrogens with zero attached hydrogens (tertiary/aromatic N) is 2. The van der Waals surface area contributed by atoms with Gasteiger partial charge in [-0.2, -0.15) is 0 Å². The Morgan fingerprint density at radius 3 is 2.44 bits per heavy atom. The van der Waals surface area contributed by atoms with Crippen LogP contribution in [0.15, 0.2) is 0 Å². The van der Waals surface area contributed by atoms with Gasteiger partial charge >= 0.3 is 0 Å². The van der Waals surface area contributed by atoms with Crippen LogP contribution in [0.1, 0.15) is 52.4 Å². The summed E-state index contributed by atoms with van der Waals surface area (Å²) in [5.41, 5.74) is 6.44. The maximum absolute atomic E-state index is 6.44. The van der Waals surface area contributed by atoms with E-state index in [1.165, 1.54) is 64.7 Å². The summed E-state index contributed by atoms with van der Waals surface area (Å²) in [6, 6.07) is 1.75. The molecule has 2 fully saturated rings. The normalized spacial score (nSPS) is 37.2. The lowest BCUT2D eigenvalue weighted by molar-refractivity contribution is 0.0435. The van der Waals surface area contributed by atoms with Crippen LogP contribution in [0, 0.1) is 0 Å². The van der Waals surface area contributed by atoms with Crippen molar-refractivity contribution >= 4 is 0 Å². The summed E-state index contributed by atoms with van der Waals surface area (Å²) in [5.74, 6) is 0. The molecule has 0 aromatic carbocycles. The number of rotatable bonds is 2. The summed E-state index contributed by atoms with van der Waals surface area (Å²) in [4.78, 5) is 5.28. The van der Waals surface area contributed by atoms with Gasteiger partial charge in [0.1, 0.15) is 0 Å². The van der Waals surface area contributed by atoms with E-state index in [-0.39, 0.29) is 0 Å². The zero-order valence-corrected chi connectivity index (χ0v) is 12.3. The van der Waals surface area contributed by atoms with E-state index < -0.39 is 0 Å². The number of piperazine rings is 1. The van der Waals surface area contributed by atoms with Gasteiger partial charge in [0.2, 0.25) is 0 Å². The van der Waals surface area contributed by atoms with Gasteiger partial charge in [0.15, 0.2) is 0 Å². The molecule has 18 heavy (non-hydrogen) atoms. The SMILES string of the molecule is CCN1CCN(C2CCCCCCC2N)CC1C. The molecular weight excluding hydrogens is 222 g/mol. The second kappa shape index (κ2) is 6.88. The molecule has 3 nitrogen and oxygen atoms in total. The topological polar surface area (TPSA) is 32.5 Å². The highest BCUT2D eigenvalue weighted by Gasteiger charge is 2.30. The average Bonchev–Trinajstić information content (AvgIpc) is 2.34. The standard InChI is InChI=1S/C15H31N3/c1-3-17-10-11-18(12-13(17)2)15-9-7-5-4-6-8-14(15)16/h13-15H,3-12,16H2,1-2H3. The van der Waals surface area contributed by atoms with Gasteiger partial charge in [-0.3, -0.25) is 9.80 Å². The van der Waals surface area contributed by atoms with E-state index in [2.05, 4.69) is 23.6 Å². The first-order valence-corrected chi connectivity index (χ1v) is 7.96. The van der Waals surface area contributed by atoms with Crippen LogP contribution in [-0.2, 0) is 0 Å². The molecule has 0 amide bonds. The zero-order chi connectivity index (χ0) is 13.0. The molecule has 0 aromatic rings. The lowest BCUT2D eigenvalue weighted by Crippen LogP contribution is -2.58. The molecule has 0 aromatic heterocycles. The van der Waals surface area contributed by atoms with Crippen LogP contribution in [-0.4, -0.2) is 54.1 Å². The Hall–Kier alpha value is -0.120. The predicted molar refractivity (Wildman–Crippen MR) is 77.7 cm³/mol. The Morgan fingerprint density at radius 2 is 1.78 bits per heavy atom. The van der Waals surface area contributed by atoms with Crippen molar-refractivity contribution in [2.24, 2.45) is 5.73 Å². The van der Waals surface area contributed by atoms with Crippen LogP contribution in [0.4, 0.5) is 0 Å². The molecule has 0 spiro atoms. The largest absolute Gasteiger partial charge is 0.326 e. The Balaban J connectivity index is 1.92. The van der Waals surface area contributed by atoms with Gasteiger partial charge in [0.05, 0.1) is 0 Å². The van der Waals surface area contributed by atoms with Crippen molar-refractivity contribution in [1.29, 1.82) is 0 Å². The molecule has 2 rings (SSSR count). The number of hydrogen-bond acceptors (Lipinski definition) is 3. The first-order valence-electron chi connectivity index (χ1n) is 7.96. The zero-order valence-electron chi connectivity index (χ0n) is 12.3. The molecule has 1 aliphatic carbocycles. The van der Waals surface area contributed by atoms with Crippen LogP contribution in [0.25, 0.3) is 0 Å². The first kappa shape index (κ1) is 14.3. The highest BCUT2D eigenvalue weighted by Crippen LogP contribution is 2.23. The highest BCUT2D eigenvalue weighted by atomic mass is 15.3. The minimum absolute atomic E-state index is 0.408. The van der Waals surface area contributed by atoms with Crippen molar-refractivity contribution in [2.75, 3.05) is 26.2 Å². The molecule has 106 valence electrons. The average molecular weight is 253 g/mol. The highest BCUT2D eigenvalue weighted by molar-refractivity contribution is 4.89. The van der Waals surface area contributed by atoms with E-state index in [9.17, 15) is 0 Å². The molecule has 3 unspecified atom stereocenters. The van der Waals surface area contributed by atoms with Crippen LogP contribution >= 0.6 is 0 Å². The summed E-state index contributed by atoms with van der Waals surface area (Å²) in [5, 5.41) is 0. The fraction of sp³-hybridized carbons (Fsp3) is 1.00. The monoisotopic (exact) mass is 253 g/mol. The van der Waals surface area contributed by atoms with E-state index >= 15 is 0 Å². The van der Waals surface area contributed by atoms with Crippen molar-refractivity contribution in [3.05, 3.63) is 0 Å². The Morgan fingerprint density at radius 1 is 1.06 bits per heavy atom. The van der Waals surface area contributed by atoms with E-state index in [0.717, 1.165) is 0 Å². The van der Waals surface area contributed by atoms with Gasteiger partial charge in [-0.15, -0.1) is 0 Å². The Labute approximate surface area is 113 Å². The Bertz CT molecular complexity index is 244. The lowest BCUT2D eigenvalue weighted by Gasteiger charge is -2.45. The Kier molecular flexibility index (Phi) is 5.46. The van der Waals surface area contributed by atoms with E-state index in [1.807, 2.05) is 0 Å². The molecule has 0 radical (unpaired) electrons. The van der Waals surface area contributed by atoms with Gasteiger partial charge in [0.25, 0.3) is 0 Å². The fourth-order valence-electron chi connectivity index (χ4n) is 3.74. The molecule has 2 N–H and O–H groups in total. The van der Waals surface area contributed by atoms with Gasteiger partial charge < -0.3 is 5.73 Å². The quantitative estimate of drug-likeness (QED) is 0.817. The van der Waals surface area contributed by atoms with Crippen LogP contribution in [0.2, 0.25) is 0 Å². The van der Waals surface area contributed by atoms with E-state index in [0.29, 0.717) is 18.1 Å². The molecule has 1 aliphatic heterocycles. The van der Waals surface area contributed by atoms with E-state index in [1.54, 1.807) is 0 Å². The van der Waals surface area contributed by atoms with Gasteiger partial charge in [-0.25, -0.2) is 0 Å². The third-order valence-electron chi connectivity index (χ3n) is 4.95. The summed E-state index contributed by atoms with van der Waals surface area (Å²) in [6.45, 7) is 9.48. The van der Waals surface area contributed by atoms with Crippen molar-refractivity contribution in [3.8, 4) is 0 Å². The number of hydrogen-bond donors (Lipinski definition) is 1. The molecular formula is C15H31N3. The molecule has 1 saturated heterocycles. The second-order valence-corrected chi connectivity index (χ2v) is 6.20. The minimum atomic E-state index is 0.408. The minimum Gasteiger partial charge on any atom is -0.326 e. The van der Waals surface area contributed by atoms with Crippen molar-refractivity contribution in [1.82, 2.24) is 9.80 Å². The van der Waals surface area contributed by atoms with Gasteiger partial charge in [-0.05, 0) is 26.3 Å². The molecule has 3 heteroatoms. The summed E-state index contributed by atoms with van der Waals surface area (Å²) in [7, 11) is 0. The molecule has 3 atom stereocenters. The summed E-state index contributed by atoms with van der Waals surface area (Å²) < 4.78 is 0. The first-order chi connectivity index (χ1) is 8.72. The van der Waals surface area contributed by atoms with Crippen molar-refractivity contribution in [2.45, 2.75) is 70.5 Å². The third-order valence-corrected chi connectivity index (χ3v) is 4.95. The van der Waals surface area contributed by atoms with Crippen LogP contribution < -0.4 is 5.73 Å². The maximum Gasteiger partial charge on any atom is 0.0248 e. The molecule has 1 saturated carbocycles. The number of likely N-dealkylation sites (N-methyl/N-ethyl adjacent to an activating group) is 1.